The molecule has 0 radical (unpaired) electrons. The van der Waals surface area contributed by atoms with Crippen LogP contribution >= 0.6 is 15.9 Å². The predicted molar refractivity (Wildman–Crippen MR) is 108 cm³/mol. The van der Waals surface area contributed by atoms with Gasteiger partial charge in [0, 0.05) is 36.0 Å². The van der Waals surface area contributed by atoms with E-state index >= 15 is 0 Å². The minimum Gasteiger partial charge on any atom is -0.337 e. The van der Waals surface area contributed by atoms with Crippen molar-refractivity contribution in [3.63, 3.8) is 0 Å². The molecular weight excluding hydrogens is 444 g/mol. The van der Waals surface area contributed by atoms with Gasteiger partial charge in [-0.15, -0.1) is 0 Å². The Morgan fingerprint density at radius 3 is 2.59 bits per heavy atom. The van der Waals surface area contributed by atoms with Gasteiger partial charge in [0.05, 0.1) is 5.56 Å². The predicted octanol–water partition coefficient (Wildman–Crippen LogP) is 4.65. The van der Waals surface area contributed by atoms with Crippen molar-refractivity contribution < 1.29 is 18.4 Å². The van der Waals surface area contributed by atoms with Crippen LogP contribution in [0.25, 0.3) is 0 Å². The Hall–Kier alpha value is -3.13. The number of benzene rings is 2. The number of rotatable bonds is 5. The highest BCUT2D eigenvalue weighted by molar-refractivity contribution is 9.10. The van der Waals surface area contributed by atoms with Gasteiger partial charge in [0.15, 0.2) is 0 Å². The number of carbonyl (C=O) groups is 2. The van der Waals surface area contributed by atoms with E-state index in [-0.39, 0.29) is 17.8 Å². The van der Waals surface area contributed by atoms with Crippen LogP contribution < -0.4 is 5.32 Å². The van der Waals surface area contributed by atoms with Crippen LogP contribution in [0, 0.1) is 11.6 Å². The van der Waals surface area contributed by atoms with Crippen molar-refractivity contribution in [2.75, 3.05) is 12.4 Å². The number of carbonyl (C=O) groups excluding carboxylic acids is 2. The number of nitrogens with one attached hydrogen (secondary N) is 1. The highest BCUT2D eigenvalue weighted by Gasteiger charge is 2.19. The topological polar surface area (TPSA) is 62.3 Å². The van der Waals surface area contributed by atoms with E-state index in [0.717, 1.165) is 16.6 Å². The second-order valence-electron chi connectivity index (χ2n) is 6.26. The molecule has 1 aromatic heterocycles. The first kappa shape index (κ1) is 20.6. The molecular formula is C21H16BrF2N3O2. The maximum absolute atomic E-state index is 13.9. The van der Waals surface area contributed by atoms with Crippen LogP contribution in [-0.4, -0.2) is 28.7 Å². The number of hydrogen-bond acceptors (Lipinski definition) is 3. The SMILES string of the molecule is CN(Cc1cc(Br)ccc1NC(=O)c1ccccn1)C(=O)c1ccc(F)cc1F. The summed E-state index contributed by atoms with van der Waals surface area (Å²) in [4.78, 5) is 30.3. The summed E-state index contributed by atoms with van der Waals surface area (Å²) in [5.41, 5.74) is 1.13. The van der Waals surface area contributed by atoms with Crippen LogP contribution in [0.1, 0.15) is 26.4 Å². The highest BCUT2D eigenvalue weighted by atomic mass is 79.9. The zero-order chi connectivity index (χ0) is 21.0. The second-order valence-corrected chi connectivity index (χ2v) is 7.17. The summed E-state index contributed by atoms with van der Waals surface area (Å²) in [6.07, 6.45) is 1.51. The van der Waals surface area contributed by atoms with E-state index in [4.69, 9.17) is 0 Å². The van der Waals surface area contributed by atoms with Crippen molar-refractivity contribution >= 4 is 33.4 Å². The molecule has 2 aromatic carbocycles. The van der Waals surface area contributed by atoms with Crippen LogP contribution in [-0.2, 0) is 6.54 Å². The van der Waals surface area contributed by atoms with Gasteiger partial charge in [-0.2, -0.15) is 0 Å². The smallest absolute Gasteiger partial charge is 0.274 e. The van der Waals surface area contributed by atoms with Gasteiger partial charge in [0.25, 0.3) is 11.8 Å². The molecule has 8 heteroatoms. The second kappa shape index (κ2) is 8.91. The highest BCUT2D eigenvalue weighted by Crippen LogP contribution is 2.24. The Bertz CT molecular complexity index is 1060. The fourth-order valence-electron chi connectivity index (χ4n) is 2.69. The molecule has 0 spiro atoms. The third-order valence-electron chi connectivity index (χ3n) is 4.13. The van der Waals surface area contributed by atoms with E-state index in [1.165, 1.54) is 18.1 Å². The van der Waals surface area contributed by atoms with E-state index in [9.17, 15) is 18.4 Å². The van der Waals surface area contributed by atoms with E-state index in [0.29, 0.717) is 17.3 Å². The Morgan fingerprint density at radius 1 is 1.10 bits per heavy atom. The lowest BCUT2D eigenvalue weighted by Crippen LogP contribution is -2.28. The summed E-state index contributed by atoms with van der Waals surface area (Å²) in [7, 11) is 1.50. The minimum atomic E-state index is -0.931. The van der Waals surface area contributed by atoms with Gasteiger partial charge >= 0.3 is 0 Å². The molecule has 0 saturated carbocycles. The lowest BCUT2D eigenvalue weighted by molar-refractivity contribution is 0.0780. The summed E-state index contributed by atoms with van der Waals surface area (Å²) < 4.78 is 27.8. The van der Waals surface area contributed by atoms with Gasteiger partial charge in [-0.05, 0) is 48.0 Å². The number of anilines is 1. The molecule has 0 fully saturated rings. The number of halogens is 3. The maximum atomic E-state index is 13.9. The number of aromatic nitrogens is 1. The van der Waals surface area contributed by atoms with E-state index in [1.807, 2.05) is 0 Å². The zero-order valence-corrected chi connectivity index (χ0v) is 16.9. The first-order chi connectivity index (χ1) is 13.8. The molecule has 0 aliphatic heterocycles. The molecule has 0 atom stereocenters. The summed E-state index contributed by atoms with van der Waals surface area (Å²) in [6.45, 7) is 0.0902. The van der Waals surface area contributed by atoms with Crippen LogP contribution in [0.5, 0.6) is 0 Å². The van der Waals surface area contributed by atoms with Crippen molar-refractivity contribution in [2.45, 2.75) is 6.54 Å². The largest absolute Gasteiger partial charge is 0.337 e. The van der Waals surface area contributed by atoms with Crippen LogP contribution in [0.3, 0.4) is 0 Å². The van der Waals surface area contributed by atoms with Gasteiger partial charge in [-0.1, -0.05) is 22.0 Å². The average Bonchev–Trinajstić information content (AvgIpc) is 2.70. The van der Waals surface area contributed by atoms with Gasteiger partial charge in [0.1, 0.15) is 17.3 Å². The first-order valence-corrected chi connectivity index (χ1v) is 9.36. The zero-order valence-electron chi connectivity index (χ0n) is 15.3. The molecule has 5 nitrogen and oxygen atoms in total. The Kier molecular flexibility index (Phi) is 6.33. The third-order valence-corrected chi connectivity index (χ3v) is 4.62. The summed E-state index contributed by atoms with van der Waals surface area (Å²) in [5, 5.41) is 2.77. The molecule has 3 rings (SSSR count). The fourth-order valence-corrected chi connectivity index (χ4v) is 3.10. The van der Waals surface area contributed by atoms with Crippen LogP contribution in [0.15, 0.2) is 65.3 Å². The van der Waals surface area contributed by atoms with E-state index in [2.05, 4.69) is 26.2 Å². The Morgan fingerprint density at radius 2 is 1.90 bits per heavy atom. The number of amides is 2. The average molecular weight is 460 g/mol. The Labute approximate surface area is 174 Å². The molecule has 0 aliphatic carbocycles. The monoisotopic (exact) mass is 459 g/mol. The molecule has 0 unspecified atom stereocenters. The van der Waals surface area contributed by atoms with Crippen LogP contribution in [0.2, 0.25) is 0 Å². The lowest BCUT2D eigenvalue weighted by Gasteiger charge is -2.20. The first-order valence-electron chi connectivity index (χ1n) is 8.56. The van der Waals surface area contributed by atoms with Crippen molar-refractivity contribution in [1.29, 1.82) is 0 Å². The van der Waals surface area contributed by atoms with Crippen LogP contribution in [0.4, 0.5) is 14.5 Å². The van der Waals surface area contributed by atoms with Gasteiger partial charge < -0.3 is 10.2 Å². The Balaban J connectivity index is 1.82. The van der Waals surface area contributed by atoms with Crippen molar-refractivity contribution in [1.82, 2.24) is 9.88 Å². The van der Waals surface area contributed by atoms with E-state index in [1.54, 1.807) is 36.4 Å². The minimum absolute atomic E-state index is 0.0902. The molecule has 2 amide bonds. The number of nitrogens with zero attached hydrogens (tertiary/aromatic N) is 2. The van der Waals surface area contributed by atoms with Crippen molar-refractivity contribution in [3.8, 4) is 0 Å². The summed E-state index contributed by atoms with van der Waals surface area (Å²) in [6, 6.07) is 13.0. The molecule has 1 heterocycles. The molecule has 0 aliphatic rings. The number of pyridine rings is 1. The molecule has 3 aromatic rings. The normalized spacial score (nSPS) is 10.5. The summed E-state index contributed by atoms with van der Waals surface area (Å²) in [5.74, 6) is -2.69. The molecule has 0 saturated heterocycles. The molecule has 1 N–H and O–H groups in total. The van der Waals surface area contributed by atoms with Gasteiger partial charge in [-0.3, -0.25) is 14.6 Å². The van der Waals surface area contributed by atoms with Crippen molar-refractivity contribution in [3.05, 3.63) is 93.7 Å². The molecule has 148 valence electrons. The molecule has 0 bridgehead atoms. The standard InChI is InChI=1S/C21H16BrF2N3O2/c1-27(21(29)16-7-6-15(23)11-17(16)24)12-13-10-14(22)5-8-18(13)26-20(28)19-4-2-3-9-25-19/h2-11H,12H2,1H3,(H,26,28). The number of hydrogen-bond donors (Lipinski definition) is 1. The third kappa shape index (κ3) is 5.03. The van der Waals surface area contributed by atoms with Crippen molar-refractivity contribution in [2.24, 2.45) is 0 Å². The summed E-state index contributed by atoms with van der Waals surface area (Å²) >= 11 is 3.37. The van der Waals surface area contributed by atoms with Gasteiger partial charge in [0.2, 0.25) is 0 Å². The van der Waals surface area contributed by atoms with Gasteiger partial charge in [-0.25, -0.2) is 8.78 Å². The maximum Gasteiger partial charge on any atom is 0.274 e. The quantitative estimate of drug-likeness (QED) is 0.603. The lowest BCUT2D eigenvalue weighted by atomic mass is 10.1. The molecule has 29 heavy (non-hydrogen) atoms. The van der Waals surface area contributed by atoms with E-state index < -0.39 is 23.4 Å². The fraction of sp³-hybridized carbons (Fsp3) is 0.0952.